The summed E-state index contributed by atoms with van der Waals surface area (Å²) >= 11 is 0. The van der Waals surface area contributed by atoms with Crippen LogP contribution in [0.5, 0.6) is 0 Å². The van der Waals surface area contributed by atoms with Crippen molar-refractivity contribution < 1.29 is 22.0 Å². The maximum Gasteiger partial charge on any atom is 0.270 e. The van der Waals surface area contributed by atoms with Crippen molar-refractivity contribution >= 4 is 32.4 Å². The van der Waals surface area contributed by atoms with Gasteiger partial charge in [-0.3, -0.25) is 4.79 Å². The highest BCUT2D eigenvalue weighted by molar-refractivity contribution is 7.89. The lowest BCUT2D eigenvalue weighted by atomic mass is 10.0. The summed E-state index contributed by atoms with van der Waals surface area (Å²) in [6.45, 7) is 1.20. The maximum absolute atomic E-state index is 13.7. The van der Waals surface area contributed by atoms with E-state index in [2.05, 4.69) is 22.2 Å². The van der Waals surface area contributed by atoms with Crippen molar-refractivity contribution in [1.82, 2.24) is 10.0 Å². The van der Waals surface area contributed by atoms with Crippen molar-refractivity contribution in [3.8, 4) is 0 Å². The largest absolute Gasteiger partial charge is 0.377 e. The fourth-order valence-electron chi connectivity index (χ4n) is 4.93. The van der Waals surface area contributed by atoms with Crippen LogP contribution in [0.1, 0.15) is 36.5 Å². The third-order valence-electron chi connectivity index (χ3n) is 7.18. The third-order valence-corrected chi connectivity index (χ3v) is 8.71. The molecule has 4 aromatic rings. The molecule has 1 amide bonds. The molecule has 0 heterocycles. The number of nitrogens with zero attached hydrogens (tertiary/aromatic N) is 1. The number of sulfonamides is 1. The first-order valence-corrected chi connectivity index (χ1v) is 15.4. The summed E-state index contributed by atoms with van der Waals surface area (Å²) in [4.78, 5) is 15.3. The number of benzene rings is 4. The number of halogens is 2. The van der Waals surface area contributed by atoms with Crippen LogP contribution in [-0.2, 0) is 33.6 Å². The quantitative estimate of drug-likeness (QED) is 0.185. The van der Waals surface area contributed by atoms with Gasteiger partial charge in [-0.15, -0.1) is 0 Å². The number of unbranched alkanes of at least 4 members (excludes halogenated alkanes) is 1. The number of alkyl halides is 2. The fraction of sp³-hybridized carbons (Fsp3) is 0.303. The number of hydrogen-bond donors (Lipinski definition) is 2. The zero-order chi connectivity index (χ0) is 30.3. The van der Waals surface area contributed by atoms with E-state index in [4.69, 9.17) is 0 Å². The predicted molar refractivity (Wildman–Crippen MR) is 164 cm³/mol. The third kappa shape index (κ3) is 7.92. The van der Waals surface area contributed by atoms with Crippen LogP contribution in [0.15, 0.2) is 95.9 Å². The number of hydrogen-bond acceptors (Lipinski definition) is 4. The summed E-state index contributed by atoms with van der Waals surface area (Å²) < 4.78 is 57.6. The second-order valence-corrected chi connectivity index (χ2v) is 12.4. The van der Waals surface area contributed by atoms with E-state index in [1.165, 1.54) is 35.9 Å². The van der Waals surface area contributed by atoms with Crippen LogP contribution in [0.25, 0.3) is 10.8 Å². The Morgan fingerprint density at radius 1 is 0.833 bits per heavy atom. The summed E-state index contributed by atoms with van der Waals surface area (Å²) in [6.07, 6.45) is 2.45. The molecule has 0 radical (unpaired) electrons. The molecule has 0 aromatic heterocycles. The molecule has 0 aliphatic heterocycles. The van der Waals surface area contributed by atoms with Gasteiger partial charge >= 0.3 is 0 Å². The van der Waals surface area contributed by atoms with E-state index in [1.54, 1.807) is 18.2 Å². The Morgan fingerprint density at radius 2 is 1.50 bits per heavy atom. The van der Waals surface area contributed by atoms with Crippen molar-refractivity contribution in [2.45, 2.75) is 49.5 Å². The van der Waals surface area contributed by atoms with E-state index in [1.807, 2.05) is 49.3 Å². The Labute approximate surface area is 246 Å². The number of fused-ring (bicyclic) bond motifs is 1. The van der Waals surface area contributed by atoms with Crippen LogP contribution >= 0.6 is 0 Å². The standard InChI is InChI=1S/C33H37F2N3O3S/c1-33(34,35)26-20-18-25(19-21-26)23-29(32(39)36-22-8-7-13-24-11-5-4-6-12-24)37-42(40,41)31-17-10-14-27-28(31)15-9-16-30(27)38(2)3/h4-6,9-12,14-21,29,37H,7-8,13,22-23H2,1-3H3,(H,36,39). The Morgan fingerprint density at radius 3 is 2.17 bits per heavy atom. The lowest BCUT2D eigenvalue weighted by Crippen LogP contribution is -2.48. The van der Waals surface area contributed by atoms with Gasteiger partial charge in [0.1, 0.15) is 6.04 Å². The van der Waals surface area contributed by atoms with Crippen molar-refractivity contribution in [3.05, 3.63) is 108 Å². The number of amides is 1. The first kappa shape index (κ1) is 31.1. The van der Waals surface area contributed by atoms with E-state index in [0.29, 0.717) is 17.5 Å². The lowest BCUT2D eigenvalue weighted by molar-refractivity contribution is -0.122. The SMILES string of the molecule is CN(C)c1cccc2c(S(=O)(=O)NC(Cc3ccc(C(C)(F)F)cc3)C(=O)NCCCCc3ccccc3)cccc12. The Bertz CT molecular complexity index is 1600. The highest BCUT2D eigenvalue weighted by Crippen LogP contribution is 2.31. The van der Waals surface area contributed by atoms with Crippen molar-refractivity contribution in [2.75, 3.05) is 25.5 Å². The van der Waals surface area contributed by atoms with Crippen molar-refractivity contribution in [3.63, 3.8) is 0 Å². The number of rotatable bonds is 13. The summed E-state index contributed by atoms with van der Waals surface area (Å²) in [5.74, 6) is -3.48. The van der Waals surface area contributed by atoms with Crippen LogP contribution in [0.2, 0.25) is 0 Å². The average Bonchev–Trinajstić information content (AvgIpc) is 2.96. The average molecular weight is 594 g/mol. The zero-order valence-electron chi connectivity index (χ0n) is 24.1. The Hall–Kier alpha value is -3.82. The molecule has 1 unspecified atom stereocenters. The van der Waals surface area contributed by atoms with Gasteiger partial charge < -0.3 is 10.2 Å². The molecule has 0 saturated heterocycles. The molecule has 1 atom stereocenters. The van der Waals surface area contributed by atoms with Crippen molar-refractivity contribution in [1.29, 1.82) is 0 Å². The Balaban J connectivity index is 1.54. The second-order valence-electron chi connectivity index (χ2n) is 10.7. The molecule has 0 fully saturated rings. The van der Waals surface area contributed by atoms with Crippen LogP contribution in [0, 0.1) is 0 Å². The Kier molecular flexibility index (Phi) is 9.96. The van der Waals surface area contributed by atoms with Gasteiger partial charge in [-0.25, -0.2) is 17.2 Å². The highest BCUT2D eigenvalue weighted by atomic mass is 32.2. The summed E-state index contributed by atoms with van der Waals surface area (Å²) in [6, 6.07) is 25.0. The van der Waals surface area contributed by atoms with Crippen LogP contribution < -0.4 is 14.9 Å². The summed E-state index contributed by atoms with van der Waals surface area (Å²) in [5.41, 5.74) is 2.48. The van der Waals surface area contributed by atoms with Crippen LogP contribution in [0.3, 0.4) is 0 Å². The van der Waals surface area contributed by atoms with E-state index in [0.717, 1.165) is 37.3 Å². The van der Waals surface area contributed by atoms with Crippen molar-refractivity contribution in [2.24, 2.45) is 0 Å². The molecule has 2 N–H and O–H groups in total. The van der Waals surface area contributed by atoms with Gasteiger partial charge in [0, 0.05) is 49.6 Å². The fourth-order valence-corrected chi connectivity index (χ4v) is 6.35. The molecule has 6 nitrogen and oxygen atoms in total. The molecular weight excluding hydrogens is 556 g/mol. The molecule has 0 aliphatic carbocycles. The molecule has 4 aromatic carbocycles. The van der Waals surface area contributed by atoms with Crippen LogP contribution in [-0.4, -0.2) is 41.0 Å². The van der Waals surface area contributed by atoms with E-state index >= 15 is 0 Å². The minimum Gasteiger partial charge on any atom is -0.377 e. The first-order valence-electron chi connectivity index (χ1n) is 14.0. The second kappa shape index (κ2) is 13.4. The molecule has 42 heavy (non-hydrogen) atoms. The van der Waals surface area contributed by atoms with Gasteiger partial charge in [0.05, 0.1) is 4.90 Å². The topological polar surface area (TPSA) is 78.5 Å². The maximum atomic E-state index is 13.7. The molecule has 4 rings (SSSR count). The first-order chi connectivity index (χ1) is 20.0. The summed E-state index contributed by atoms with van der Waals surface area (Å²) in [5, 5.41) is 4.17. The molecule has 0 aliphatic rings. The van der Waals surface area contributed by atoms with E-state index in [-0.39, 0.29) is 16.9 Å². The minimum atomic E-state index is -4.15. The molecule has 9 heteroatoms. The smallest absolute Gasteiger partial charge is 0.270 e. The molecular formula is C33H37F2N3O3S. The number of carbonyl (C=O) groups excluding carboxylic acids is 1. The highest BCUT2D eigenvalue weighted by Gasteiger charge is 2.28. The summed E-state index contributed by atoms with van der Waals surface area (Å²) in [7, 11) is -0.380. The molecule has 0 saturated carbocycles. The van der Waals surface area contributed by atoms with E-state index in [9.17, 15) is 22.0 Å². The van der Waals surface area contributed by atoms with Gasteiger partial charge in [-0.2, -0.15) is 4.72 Å². The van der Waals surface area contributed by atoms with Gasteiger partial charge in [0.15, 0.2) is 0 Å². The minimum absolute atomic E-state index is 0.00163. The van der Waals surface area contributed by atoms with Gasteiger partial charge in [0.25, 0.3) is 5.92 Å². The normalized spacial score (nSPS) is 12.7. The van der Waals surface area contributed by atoms with E-state index < -0.39 is 27.9 Å². The molecule has 222 valence electrons. The number of anilines is 1. The predicted octanol–water partition coefficient (Wildman–Crippen LogP) is 6.05. The number of nitrogens with one attached hydrogen (secondary N) is 2. The molecule has 0 bridgehead atoms. The van der Waals surface area contributed by atoms with Gasteiger partial charge in [0.2, 0.25) is 15.9 Å². The van der Waals surface area contributed by atoms with Gasteiger partial charge in [-0.1, -0.05) is 78.9 Å². The lowest BCUT2D eigenvalue weighted by Gasteiger charge is -2.21. The monoisotopic (exact) mass is 593 g/mol. The van der Waals surface area contributed by atoms with Crippen LogP contribution in [0.4, 0.5) is 14.5 Å². The number of carbonyl (C=O) groups is 1. The zero-order valence-corrected chi connectivity index (χ0v) is 24.9. The van der Waals surface area contributed by atoms with Gasteiger partial charge in [-0.05, 0) is 48.9 Å². The molecule has 0 spiro atoms. The number of aryl methyl sites for hydroxylation is 1.